The smallest absolute Gasteiger partial charge is 0.276 e. The molecule has 0 unspecified atom stereocenters. The average Bonchev–Trinajstić information content (AvgIpc) is 2.48. The largest absolute Gasteiger partial charge is 0.383 e. The van der Waals surface area contributed by atoms with Gasteiger partial charge in [-0.05, 0) is 12.1 Å². The van der Waals surface area contributed by atoms with Gasteiger partial charge in [-0.15, -0.1) is 0 Å². The highest BCUT2D eigenvalue weighted by Crippen LogP contribution is 2.39. The summed E-state index contributed by atoms with van der Waals surface area (Å²) in [6, 6.07) is 8.84. The number of aliphatic hydroxyl groups is 2. The number of hydrogen-bond donors (Lipinski definition) is 2. The van der Waals surface area contributed by atoms with Crippen LogP contribution in [0.3, 0.4) is 0 Å². The van der Waals surface area contributed by atoms with Crippen molar-refractivity contribution in [1.82, 2.24) is 0 Å². The molecule has 0 spiro atoms. The van der Waals surface area contributed by atoms with Crippen LogP contribution >= 0.6 is 11.8 Å². The van der Waals surface area contributed by atoms with Crippen LogP contribution in [0.4, 0.5) is 4.39 Å². The van der Waals surface area contributed by atoms with Gasteiger partial charge < -0.3 is 14.9 Å². The highest BCUT2D eigenvalue weighted by atomic mass is 32.2. The summed E-state index contributed by atoms with van der Waals surface area (Å²) in [5.74, 6) is 0. The predicted molar refractivity (Wildman–Crippen MR) is 74.3 cm³/mol. The first-order valence-electron chi connectivity index (χ1n) is 6.35. The van der Waals surface area contributed by atoms with Gasteiger partial charge in [-0.2, -0.15) is 0 Å². The number of thioether (sulfide) groups is 1. The summed E-state index contributed by atoms with van der Waals surface area (Å²) in [6.45, 7) is 0.0369. The lowest BCUT2D eigenvalue weighted by Gasteiger charge is -2.42. The molecular weight excluding hydrogens is 301 g/mol. The standard InChI is InChI=1S/C13H16FNO5S/c1-13(15(18)19)10(16)9(7-14)20-12(11(13)17)21-8-5-3-2-4-6-8/h2-6,9-12,16-17H,7H2,1H3/t9-,10-,11+,12+,13-/m1/s1. The molecule has 116 valence electrons. The van der Waals surface area contributed by atoms with Crippen molar-refractivity contribution in [2.45, 2.75) is 41.1 Å². The van der Waals surface area contributed by atoms with Crippen LogP contribution in [-0.4, -0.2) is 51.1 Å². The van der Waals surface area contributed by atoms with Crippen LogP contribution in [0.15, 0.2) is 35.2 Å². The van der Waals surface area contributed by atoms with E-state index in [0.29, 0.717) is 0 Å². The molecule has 1 aromatic carbocycles. The van der Waals surface area contributed by atoms with Crippen LogP contribution in [0, 0.1) is 10.1 Å². The van der Waals surface area contributed by atoms with E-state index in [-0.39, 0.29) is 0 Å². The molecule has 1 aliphatic rings. The van der Waals surface area contributed by atoms with E-state index < -0.39 is 40.9 Å². The van der Waals surface area contributed by atoms with E-state index in [0.717, 1.165) is 23.6 Å². The lowest BCUT2D eigenvalue weighted by atomic mass is 9.84. The zero-order valence-electron chi connectivity index (χ0n) is 11.3. The summed E-state index contributed by atoms with van der Waals surface area (Å²) in [6.07, 6.45) is -4.64. The molecule has 21 heavy (non-hydrogen) atoms. The zero-order chi connectivity index (χ0) is 15.6. The lowest BCUT2D eigenvalue weighted by molar-refractivity contribution is -0.602. The van der Waals surface area contributed by atoms with Crippen LogP contribution in [0.1, 0.15) is 6.92 Å². The van der Waals surface area contributed by atoms with Crippen molar-refractivity contribution in [1.29, 1.82) is 0 Å². The summed E-state index contributed by atoms with van der Waals surface area (Å²) in [5, 5.41) is 31.4. The van der Waals surface area contributed by atoms with E-state index in [1.54, 1.807) is 30.3 Å². The number of nitrogens with zero attached hydrogens (tertiary/aromatic N) is 1. The summed E-state index contributed by atoms with van der Waals surface area (Å²) in [4.78, 5) is 11.2. The fraction of sp³-hybridized carbons (Fsp3) is 0.538. The van der Waals surface area contributed by atoms with E-state index in [9.17, 15) is 24.7 Å². The van der Waals surface area contributed by atoms with Crippen molar-refractivity contribution in [2.24, 2.45) is 0 Å². The molecule has 1 heterocycles. The Morgan fingerprint density at radius 3 is 2.52 bits per heavy atom. The molecule has 0 aliphatic carbocycles. The fourth-order valence-corrected chi connectivity index (χ4v) is 3.40. The molecule has 2 rings (SSSR count). The van der Waals surface area contributed by atoms with E-state index in [1.807, 2.05) is 0 Å². The molecular formula is C13H16FNO5S. The number of halogens is 1. The molecule has 0 radical (unpaired) electrons. The van der Waals surface area contributed by atoms with Gasteiger partial charge in [-0.1, -0.05) is 30.0 Å². The number of rotatable bonds is 4. The first kappa shape index (κ1) is 16.2. The third-order valence-electron chi connectivity index (χ3n) is 3.66. The molecule has 0 amide bonds. The topological polar surface area (TPSA) is 92.8 Å². The van der Waals surface area contributed by atoms with Gasteiger partial charge in [0.25, 0.3) is 5.54 Å². The molecule has 1 saturated heterocycles. The number of ether oxygens (including phenoxy) is 1. The van der Waals surface area contributed by atoms with Crippen molar-refractivity contribution in [3.63, 3.8) is 0 Å². The summed E-state index contributed by atoms with van der Waals surface area (Å²) in [5.41, 5.74) is -3.12. The lowest BCUT2D eigenvalue weighted by Crippen LogP contribution is -2.68. The van der Waals surface area contributed by atoms with Crippen LogP contribution in [0.25, 0.3) is 0 Å². The monoisotopic (exact) mass is 317 g/mol. The van der Waals surface area contributed by atoms with Gasteiger partial charge in [0.2, 0.25) is 0 Å². The van der Waals surface area contributed by atoms with Crippen molar-refractivity contribution >= 4 is 11.8 Å². The second-order valence-corrected chi connectivity index (χ2v) is 6.17. The number of aliphatic hydroxyl groups excluding tert-OH is 2. The highest BCUT2D eigenvalue weighted by molar-refractivity contribution is 7.99. The summed E-state index contributed by atoms with van der Waals surface area (Å²) in [7, 11) is 0. The number of alkyl halides is 1. The Hall–Kier alpha value is -1.22. The second kappa shape index (κ2) is 6.27. The van der Waals surface area contributed by atoms with Crippen molar-refractivity contribution in [2.75, 3.05) is 6.67 Å². The normalized spacial score (nSPS) is 36.4. The maximum Gasteiger partial charge on any atom is 0.276 e. The third kappa shape index (κ3) is 2.89. The zero-order valence-corrected chi connectivity index (χ0v) is 12.1. The Morgan fingerprint density at radius 1 is 1.38 bits per heavy atom. The second-order valence-electron chi connectivity index (χ2n) is 5.00. The van der Waals surface area contributed by atoms with Gasteiger partial charge in [0.1, 0.15) is 18.2 Å². The maximum absolute atomic E-state index is 13.0. The van der Waals surface area contributed by atoms with Crippen LogP contribution in [-0.2, 0) is 4.74 Å². The highest BCUT2D eigenvalue weighted by Gasteiger charge is 2.62. The van der Waals surface area contributed by atoms with Crippen LogP contribution in [0.5, 0.6) is 0 Å². The summed E-state index contributed by atoms with van der Waals surface area (Å²) >= 11 is 1.06. The van der Waals surface area contributed by atoms with Gasteiger partial charge >= 0.3 is 0 Å². The Labute approximate surface area is 125 Å². The summed E-state index contributed by atoms with van der Waals surface area (Å²) < 4.78 is 18.3. The van der Waals surface area contributed by atoms with E-state index in [2.05, 4.69) is 0 Å². The van der Waals surface area contributed by atoms with Crippen molar-refractivity contribution < 1.29 is 24.3 Å². The minimum absolute atomic E-state index is 0.723. The molecule has 0 bridgehead atoms. The Kier molecular flexibility index (Phi) is 4.82. The molecule has 1 fully saturated rings. The molecule has 1 aromatic rings. The van der Waals surface area contributed by atoms with Crippen molar-refractivity contribution in [3.8, 4) is 0 Å². The number of benzene rings is 1. The van der Waals surface area contributed by atoms with Gasteiger partial charge in [-0.25, -0.2) is 4.39 Å². The van der Waals surface area contributed by atoms with Gasteiger partial charge in [0.15, 0.2) is 12.2 Å². The van der Waals surface area contributed by atoms with Gasteiger partial charge in [-0.3, -0.25) is 10.1 Å². The molecule has 0 saturated carbocycles. The first-order chi connectivity index (χ1) is 9.91. The maximum atomic E-state index is 13.0. The minimum atomic E-state index is -2.08. The average molecular weight is 317 g/mol. The quantitative estimate of drug-likeness (QED) is 0.641. The molecule has 0 aromatic heterocycles. The first-order valence-corrected chi connectivity index (χ1v) is 7.23. The molecule has 1 aliphatic heterocycles. The van der Waals surface area contributed by atoms with Crippen molar-refractivity contribution in [3.05, 3.63) is 40.4 Å². The Morgan fingerprint density at radius 2 is 2.00 bits per heavy atom. The van der Waals surface area contributed by atoms with Crippen LogP contribution < -0.4 is 0 Å². The number of hydrogen-bond acceptors (Lipinski definition) is 6. The van der Waals surface area contributed by atoms with Gasteiger partial charge in [0, 0.05) is 16.7 Å². The third-order valence-corrected chi connectivity index (χ3v) is 4.80. The van der Waals surface area contributed by atoms with E-state index >= 15 is 0 Å². The van der Waals surface area contributed by atoms with E-state index in [4.69, 9.17) is 4.74 Å². The van der Waals surface area contributed by atoms with Gasteiger partial charge in [0.05, 0.1) is 0 Å². The predicted octanol–water partition coefficient (Wildman–Crippen LogP) is 1.23. The van der Waals surface area contributed by atoms with Crippen LogP contribution in [0.2, 0.25) is 0 Å². The van der Waals surface area contributed by atoms with E-state index in [1.165, 1.54) is 0 Å². The molecule has 6 nitrogen and oxygen atoms in total. The molecule has 2 N–H and O–H groups in total. The number of nitro groups is 1. The molecule has 8 heteroatoms. The Bertz CT molecular complexity index is 505. The molecule has 5 atom stereocenters. The Balaban J connectivity index is 2.28. The fourth-order valence-electron chi connectivity index (χ4n) is 2.21. The minimum Gasteiger partial charge on any atom is -0.383 e. The SMILES string of the molecule is C[C@@]1([N+](=O)[O-])[C@H](O)[C@@H](CF)O[C@@H](Sc2ccccc2)[C@@H]1O.